The van der Waals surface area contributed by atoms with E-state index in [4.69, 9.17) is 4.98 Å². The molecule has 8 heteroatoms. The zero-order chi connectivity index (χ0) is 21.4. The van der Waals surface area contributed by atoms with Crippen LogP contribution in [0.4, 0.5) is 5.95 Å². The summed E-state index contributed by atoms with van der Waals surface area (Å²) < 4.78 is 0. The summed E-state index contributed by atoms with van der Waals surface area (Å²) >= 11 is 1.49. The van der Waals surface area contributed by atoms with Crippen molar-refractivity contribution in [3.8, 4) is 11.1 Å². The van der Waals surface area contributed by atoms with Gasteiger partial charge in [-0.25, -0.2) is 15.0 Å². The Balaban J connectivity index is 1.37. The minimum absolute atomic E-state index is 0.106. The molecule has 2 fully saturated rings. The van der Waals surface area contributed by atoms with Crippen LogP contribution in [0.2, 0.25) is 0 Å². The van der Waals surface area contributed by atoms with Gasteiger partial charge >= 0.3 is 0 Å². The van der Waals surface area contributed by atoms with Crippen molar-refractivity contribution >= 4 is 23.2 Å². The summed E-state index contributed by atoms with van der Waals surface area (Å²) in [6.07, 6.45) is 9.68. The van der Waals surface area contributed by atoms with E-state index in [0.717, 1.165) is 58.3 Å². The highest BCUT2D eigenvalue weighted by Crippen LogP contribution is 2.35. The third-order valence-corrected chi connectivity index (χ3v) is 7.05. The summed E-state index contributed by atoms with van der Waals surface area (Å²) in [6.45, 7) is 5.32. The minimum atomic E-state index is 0.106. The third kappa shape index (κ3) is 4.30. The lowest BCUT2D eigenvalue weighted by Gasteiger charge is -2.32. The van der Waals surface area contributed by atoms with Gasteiger partial charge in [0.1, 0.15) is 4.88 Å². The van der Waals surface area contributed by atoms with Gasteiger partial charge in [-0.2, -0.15) is 0 Å². The summed E-state index contributed by atoms with van der Waals surface area (Å²) in [5, 5.41) is 4.37. The lowest BCUT2D eigenvalue weighted by atomic mass is 9.89. The normalized spacial score (nSPS) is 17.0. The van der Waals surface area contributed by atoms with Crippen LogP contribution in [0.25, 0.3) is 11.1 Å². The maximum atomic E-state index is 13.0. The number of aryl methyl sites for hydroxylation is 2. The molecule has 0 unspecified atom stereocenters. The number of amides is 1. The van der Waals surface area contributed by atoms with Crippen LogP contribution in [-0.2, 0) is 0 Å². The first kappa shape index (κ1) is 20.1. The largest absolute Gasteiger partial charge is 0.351 e. The van der Waals surface area contributed by atoms with Crippen molar-refractivity contribution in [1.29, 1.82) is 0 Å². The van der Waals surface area contributed by atoms with Gasteiger partial charge in [0.2, 0.25) is 5.95 Å². The van der Waals surface area contributed by atoms with Gasteiger partial charge in [-0.05, 0) is 57.2 Å². The number of hydrogen-bond donors (Lipinski definition) is 1. The second-order valence-electron chi connectivity index (χ2n) is 8.36. The van der Waals surface area contributed by atoms with E-state index in [1.807, 2.05) is 37.1 Å². The maximum absolute atomic E-state index is 13.0. The van der Waals surface area contributed by atoms with Gasteiger partial charge in [-0.15, -0.1) is 11.3 Å². The first-order chi connectivity index (χ1) is 15.1. The molecular formula is C23H26N6OS. The molecule has 3 aromatic heterocycles. The highest BCUT2D eigenvalue weighted by Gasteiger charge is 2.30. The van der Waals surface area contributed by atoms with Gasteiger partial charge in [0.05, 0.1) is 16.4 Å². The van der Waals surface area contributed by atoms with E-state index in [9.17, 15) is 4.79 Å². The van der Waals surface area contributed by atoms with Crippen molar-refractivity contribution in [1.82, 2.24) is 24.8 Å². The SMILES string of the molecule is Cc1nc(C)c(C(=O)N2CCC(c3nc(NC4CC4)ncc3-c3ccncc3)CC2)s1. The summed E-state index contributed by atoms with van der Waals surface area (Å²) in [4.78, 5) is 33.8. The van der Waals surface area contributed by atoms with Gasteiger partial charge in [-0.1, -0.05) is 0 Å². The first-order valence-corrected chi connectivity index (χ1v) is 11.7. The topological polar surface area (TPSA) is 83.9 Å². The van der Waals surface area contributed by atoms with Crippen LogP contribution < -0.4 is 5.32 Å². The quantitative estimate of drug-likeness (QED) is 0.648. The highest BCUT2D eigenvalue weighted by molar-refractivity contribution is 7.13. The van der Waals surface area contributed by atoms with Crippen LogP contribution in [0, 0.1) is 13.8 Å². The second-order valence-corrected chi connectivity index (χ2v) is 9.56. The Bertz CT molecular complexity index is 1090. The van der Waals surface area contributed by atoms with Gasteiger partial charge in [0.25, 0.3) is 5.91 Å². The Hall–Kier alpha value is -2.87. The van der Waals surface area contributed by atoms with E-state index >= 15 is 0 Å². The van der Waals surface area contributed by atoms with Crippen LogP contribution in [0.15, 0.2) is 30.7 Å². The van der Waals surface area contributed by atoms with E-state index in [-0.39, 0.29) is 5.91 Å². The fraction of sp³-hybridized carbons (Fsp3) is 0.435. The molecule has 1 amide bonds. The molecule has 0 bridgehead atoms. The molecule has 160 valence electrons. The van der Waals surface area contributed by atoms with E-state index in [0.29, 0.717) is 17.9 Å². The molecular weight excluding hydrogens is 408 g/mol. The summed E-state index contributed by atoms with van der Waals surface area (Å²) in [5.41, 5.74) is 4.04. The number of nitrogens with zero attached hydrogens (tertiary/aromatic N) is 5. The van der Waals surface area contributed by atoms with E-state index in [1.54, 1.807) is 12.4 Å². The number of pyridine rings is 1. The van der Waals surface area contributed by atoms with Crippen molar-refractivity contribution in [3.63, 3.8) is 0 Å². The lowest BCUT2D eigenvalue weighted by Crippen LogP contribution is -2.38. The summed E-state index contributed by atoms with van der Waals surface area (Å²) in [5.74, 6) is 1.11. The number of thiazole rings is 1. The Morgan fingerprint density at radius 1 is 1.10 bits per heavy atom. The molecule has 3 aromatic rings. The second kappa shape index (κ2) is 8.34. The Morgan fingerprint density at radius 2 is 1.84 bits per heavy atom. The average molecular weight is 435 g/mol. The molecule has 0 atom stereocenters. The maximum Gasteiger partial charge on any atom is 0.265 e. The fourth-order valence-corrected chi connectivity index (χ4v) is 5.06. The van der Waals surface area contributed by atoms with Crippen LogP contribution in [0.1, 0.15) is 57.7 Å². The predicted molar refractivity (Wildman–Crippen MR) is 121 cm³/mol. The Kier molecular flexibility index (Phi) is 5.40. The number of anilines is 1. The number of carbonyl (C=O) groups is 1. The minimum Gasteiger partial charge on any atom is -0.351 e. The molecule has 2 aliphatic rings. The molecule has 4 heterocycles. The summed E-state index contributed by atoms with van der Waals surface area (Å²) in [6, 6.07) is 4.51. The molecule has 0 spiro atoms. The molecule has 31 heavy (non-hydrogen) atoms. The molecule has 7 nitrogen and oxygen atoms in total. The van der Waals surface area contributed by atoms with E-state index in [1.165, 1.54) is 24.2 Å². The predicted octanol–water partition coefficient (Wildman–Crippen LogP) is 4.21. The number of carbonyl (C=O) groups excluding carboxylic acids is 1. The molecule has 0 radical (unpaired) electrons. The first-order valence-electron chi connectivity index (χ1n) is 10.9. The van der Waals surface area contributed by atoms with Gasteiger partial charge in [0, 0.05) is 49.2 Å². The lowest BCUT2D eigenvalue weighted by molar-refractivity contribution is 0.0716. The van der Waals surface area contributed by atoms with Crippen LogP contribution in [-0.4, -0.2) is 49.9 Å². The Morgan fingerprint density at radius 3 is 2.48 bits per heavy atom. The van der Waals surface area contributed by atoms with Crippen molar-refractivity contribution in [2.75, 3.05) is 18.4 Å². The van der Waals surface area contributed by atoms with Crippen molar-refractivity contribution in [3.05, 3.63) is 52.0 Å². The molecule has 0 aromatic carbocycles. The number of nitrogens with one attached hydrogen (secondary N) is 1. The standard InChI is InChI=1S/C23H26N6OS/c1-14-21(31-15(2)26-14)22(30)29-11-7-17(8-12-29)20-19(16-5-9-24-10-6-16)13-25-23(28-20)27-18-3-4-18/h5-6,9-10,13,17-18H,3-4,7-8,11-12H2,1-2H3,(H,25,27,28). The number of rotatable bonds is 5. The van der Waals surface area contributed by atoms with Crippen molar-refractivity contribution < 1.29 is 4.79 Å². The zero-order valence-electron chi connectivity index (χ0n) is 17.8. The third-order valence-electron chi connectivity index (χ3n) is 5.99. The number of hydrogen-bond acceptors (Lipinski definition) is 7. The molecule has 1 saturated carbocycles. The van der Waals surface area contributed by atoms with Crippen molar-refractivity contribution in [2.45, 2.75) is 51.5 Å². The smallest absolute Gasteiger partial charge is 0.265 e. The van der Waals surface area contributed by atoms with Crippen LogP contribution in [0.3, 0.4) is 0 Å². The van der Waals surface area contributed by atoms with E-state index < -0.39 is 0 Å². The molecule has 5 rings (SSSR count). The molecule has 1 aliphatic heterocycles. The Labute approximate surface area is 186 Å². The number of aromatic nitrogens is 4. The van der Waals surface area contributed by atoms with E-state index in [2.05, 4.69) is 20.3 Å². The molecule has 1 N–H and O–H groups in total. The zero-order valence-corrected chi connectivity index (χ0v) is 18.7. The number of likely N-dealkylation sites (tertiary alicyclic amines) is 1. The summed E-state index contributed by atoms with van der Waals surface area (Å²) in [7, 11) is 0. The molecule has 1 aliphatic carbocycles. The average Bonchev–Trinajstić information content (AvgIpc) is 3.55. The van der Waals surface area contributed by atoms with Gasteiger partial charge < -0.3 is 10.2 Å². The van der Waals surface area contributed by atoms with Crippen LogP contribution >= 0.6 is 11.3 Å². The van der Waals surface area contributed by atoms with Crippen molar-refractivity contribution in [2.24, 2.45) is 0 Å². The highest BCUT2D eigenvalue weighted by atomic mass is 32.1. The van der Waals surface area contributed by atoms with Crippen LogP contribution in [0.5, 0.6) is 0 Å². The number of piperidine rings is 1. The fourth-order valence-electron chi connectivity index (χ4n) is 4.17. The van der Waals surface area contributed by atoms with Gasteiger partial charge in [0.15, 0.2) is 0 Å². The van der Waals surface area contributed by atoms with Gasteiger partial charge in [-0.3, -0.25) is 9.78 Å². The monoisotopic (exact) mass is 434 g/mol. The molecule has 1 saturated heterocycles.